The SMILES string of the molecule is CC(C)N1C(=O)SC(=Cc2ccc(C(=O)N3CCC(C(=O)O)CC3)cc2)C1=O. The Balaban J connectivity index is 1.67. The van der Waals surface area contributed by atoms with Crippen LogP contribution in [-0.2, 0) is 9.59 Å². The third kappa shape index (κ3) is 4.11. The summed E-state index contributed by atoms with van der Waals surface area (Å²) >= 11 is 0.916. The molecule has 0 spiro atoms. The summed E-state index contributed by atoms with van der Waals surface area (Å²) in [5, 5.41) is 8.78. The summed E-state index contributed by atoms with van der Waals surface area (Å²) in [5.74, 6) is -1.62. The van der Waals surface area contributed by atoms with Crippen LogP contribution in [0.15, 0.2) is 29.2 Å². The molecule has 1 aromatic carbocycles. The number of amides is 3. The first-order valence-corrected chi connectivity index (χ1v) is 9.98. The first kappa shape index (κ1) is 20.1. The van der Waals surface area contributed by atoms with E-state index in [1.54, 1.807) is 49.1 Å². The van der Waals surface area contributed by atoms with Crippen molar-refractivity contribution in [3.05, 3.63) is 40.3 Å². The van der Waals surface area contributed by atoms with Gasteiger partial charge in [-0.25, -0.2) is 0 Å². The van der Waals surface area contributed by atoms with E-state index in [4.69, 9.17) is 5.11 Å². The smallest absolute Gasteiger partial charge is 0.306 e. The first-order chi connectivity index (χ1) is 13.3. The molecular formula is C20H22N2O5S. The van der Waals surface area contributed by atoms with Gasteiger partial charge >= 0.3 is 5.97 Å². The van der Waals surface area contributed by atoms with Gasteiger partial charge in [0, 0.05) is 24.7 Å². The highest BCUT2D eigenvalue weighted by Gasteiger charge is 2.36. The van der Waals surface area contributed by atoms with Crippen molar-refractivity contribution in [2.24, 2.45) is 5.92 Å². The number of likely N-dealkylation sites (tertiary alicyclic amines) is 1. The molecule has 2 aliphatic heterocycles. The Morgan fingerprint density at radius 1 is 1.14 bits per heavy atom. The molecule has 3 rings (SSSR count). The summed E-state index contributed by atoms with van der Waals surface area (Å²) in [6.45, 7) is 4.44. The van der Waals surface area contributed by atoms with Crippen LogP contribution in [0, 0.1) is 5.92 Å². The summed E-state index contributed by atoms with van der Waals surface area (Å²) in [6, 6.07) is 6.65. The monoisotopic (exact) mass is 402 g/mol. The van der Waals surface area contributed by atoms with Crippen LogP contribution >= 0.6 is 11.8 Å². The molecule has 0 bridgehead atoms. The van der Waals surface area contributed by atoms with E-state index >= 15 is 0 Å². The molecule has 1 N–H and O–H groups in total. The second kappa shape index (κ2) is 8.18. The predicted octanol–water partition coefficient (Wildman–Crippen LogP) is 3.07. The van der Waals surface area contributed by atoms with E-state index < -0.39 is 5.97 Å². The lowest BCUT2D eigenvalue weighted by Gasteiger charge is -2.30. The molecule has 28 heavy (non-hydrogen) atoms. The molecule has 2 heterocycles. The quantitative estimate of drug-likeness (QED) is 0.778. The summed E-state index contributed by atoms with van der Waals surface area (Å²) in [4.78, 5) is 51.2. The fourth-order valence-electron chi connectivity index (χ4n) is 3.31. The number of rotatable bonds is 4. The number of carbonyl (C=O) groups is 4. The van der Waals surface area contributed by atoms with E-state index in [2.05, 4.69) is 0 Å². The van der Waals surface area contributed by atoms with Gasteiger partial charge in [-0.2, -0.15) is 0 Å². The first-order valence-electron chi connectivity index (χ1n) is 9.17. The molecule has 7 nitrogen and oxygen atoms in total. The molecule has 0 saturated carbocycles. The Labute approximate surface area is 167 Å². The Morgan fingerprint density at radius 2 is 1.75 bits per heavy atom. The van der Waals surface area contributed by atoms with Crippen molar-refractivity contribution in [1.29, 1.82) is 0 Å². The third-order valence-corrected chi connectivity index (χ3v) is 5.81. The summed E-state index contributed by atoms with van der Waals surface area (Å²) in [7, 11) is 0. The topological polar surface area (TPSA) is 95.0 Å². The Morgan fingerprint density at radius 3 is 2.25 bits per heavy atom. The second-order valence-corrected chi connectivity index (χ2v) is 8.17. The number of hydrogen-bond donors (Lipinski definition) is 1. The fourth-order valence-corrected chi connectivity index (χ4v) is 4.27. The average Bonchev–Trinajstić information content (AvgIpc) is 2.95. The highest BCUT2D eigenvalue weighted by molar-refractivity contribution is 8.18. The van der Waals surface area contributed by atoms with Gasteiger partial charge in [0.25, 0.3) is 17.1 Å². The number of imide groups is 1. The van der Waals surface area contributed by atoms with Gasteiger partial charge in [-0.3, -0.25) is 24.1 Å². The zero-order chi connectivity index (χ0) is 20.4. The zero-order valence-corrected chi connectivity index (χ0v) is 16.6. The van der Waals surface area contributed by atoms with Gasteiger partial charge in [0.05, 0.1) is 10.8 Å². The maximum absolute atomic E-state index is 12.6. The molecule has 3 amide bonds. The van der Waals surface area contributed by atoms with Gasteiger partial charge < -0.3 is 10.0 Å². The van der Waals surface area contributed by atoms with Crippen LogP contribution in [0.2, 0.25) is 0 Å². The Hall–Kier alpha value is -2.61. The number of carboxylic acids is 1. The summed E-state index contributed by atoms with van der Waals surface area (Å²) in [6.07, 6.45) is 2.58. The van der Waals surface area contributed by atoms with Gasteiger partial charge in [-0.15, -0.1) is 0 Å². The Bertz CT molecular complexity index is 839. The number of carboxylic acid groups (broad SMARTS) is 1. The van der Waals surface area contributed by atoms with Crippen LogP contribution in [-0.4, -0.2) is 57.1 Å². The maximum Gasteiger partial charge on any atom is 0.306 e. The lowest BCUT2D eigenvalue weighted by Crippen LogP contribution is -2.40. The number of nitrogens with zero attached hydrogens (tertiary/aromatic N) is 2. The minimum Gasteiger partial charge on any atom is -0.481 e. The standard InChI is InChI=1S/C20H22N2O5S/c1-12(2)22-18(24)16(28-20(22)27)11-13-3-5-14(6-4-13)17(23)21-9-7-15(8-10-21)19(25)26/h3-6,11-12,15H,7-10H2,1-2H3,(H,25,26). The minimum atomic E-state index is -0.807. The predicted molar refractivity (Wildman–Crippen MR) is 106 cm³/mol. The fraction of sp³-hybridized carbons (Fsp3) is 0.400. The van der Waals surface area contributed by atoms with Gasteiger partial charge in [0.2, 0.25) is 0 Å². The molecule has 2 fully saturated rings. The molecule has 2 saturated heterocycles. The molecule has 0 aliphatic carbocycles. The van der Waals surface area contributed by atoms with Crippen LogP contribution in [0.1, 0.15) is 42.6 Å². The number of benzene rings is 1. The number of carbonyl (C=O) groups excluding carboxylic acids is 3. The second-order valence-electron chi connectivity index (χ2n) is 7.17. The van der Waals surface area contributed by atoms with E-state index in [9.17, 15) is 19.2 Å². The van der Waals surface area contributed by atoms with Crippen LogP contribution in [0.4, 0.5) is 4.79 Å². The number of hydrogen-bond acceptors (Lipinski definition) is 5. The number of thioether (sulfide) groups is 1. The summed E-state index contributed by atoms with van der Waals surface area (Å²) < 4.78 is 0. The molecule has 148 valence electrons. The van der Waals surface area contributed by atoms with E-state index in [0.29, 0.717) is 36.4 Å². The van der Waals surface area contributed by atoms with Crippen molar-refractivity contribution in [3.63, 3.8) is 0 Å². The van der Waals surface area contributed by atoms with Crippen molar-refractivity contribution in [1.82, 2.24) is 9.80 Å². The number of aliphatic carboxylic acids is 1. The van der Waals surface area contributed by atoms with Gasteiger partial charge in [-0.1, -0.05) is 12.1 Å². The minimum absolute atomic E-state index is 0.129. The zero-order valence-electron chi connectivity index (χ0n) is 15.8. The molecule has 2 aliphatic rings. The number of piperidine rings is 1. The molecule has 0 radical (unpaired) electrons. The normalized spacial score (nSPS) is 19.8. The van der Waals surface area contributed by atoms with Gasteiger partial charge in [-0.05, 0) is 62.2 Å². The van der Waals surface area contributed by atoms with Crippen LogP contribution in [0.5, 0.6) is 0 Å². The largest absolute Gasteiger partial charge is 0.481 e. The van der Waals surface area contributed by atoms with E-state index in [-0.39, 0.29) is 29.0 Å². The van der Waals surface area contributed by atoms with Gasteiger partial charge in [0.1, 0.15) is 0 Å². The summed E-state index contributed by atoms with van der Waals surface area (Å²) in [5.41, 5.74) is 1.25. The molecule has 0 atom stereocenters. The van der Waals surface area contributed by atoms with Crippen molar-refractivity contribution in [2.45, 2.75) is 32.7 Å². The molecular weight excluding hydrogens is 380 g/mol. The van der Waals surface area contributed by atoms with E-state index in [1.807, 2.05) is 0 Å². The third-order valence-electron chi connectivity index (χ3n) is 4.93. The molecule has 1 aromatic rings. The Kier molecular flexibility index (Phi) is 5.88. The van der Waals surface area contributed by atoms with E-state index in [0.717, 1.165) is 17.3 Å². The van der Waals surface area contributed by atoms with Crippen molar-refractivity contribution in [3.8, 4) is 0 Å². The highest BCUT2D eigenvalue weighted by Crippen LogP contribution is 2.33. The van der Waals surface area contributed by atoms with Crippen LogP contribution in [0.25, 0.3) is 6.08 Å². The van der Waals surface area contributed by atoms with Crippen LogP contribution in [0.3, 0.4) is 0 Å². The van der Waals surface area contributed by atoms with Gasteiger partial charge in [0.15, 0.2) is 0 Å². The maximum atomic E-state index is 12.6. The van der Waals surface area contributed by atoms with Crippen molar-refractivity contribution < 1.29 is 24.3 Å². The van der Waals surface area contributed by atoms with Crippen molar-refractivity contribution >= 4 is 40.9 Å². The average molecular weight is 402 g/mol. The lowest BCUT2D eigenvalue weighted by atomic mass is 9.96. The molecule has 0 aromatic heterocycles. The van der Waals surface area contributed by atoms with Crippen LogP contribution < -0.4 is 0 Å². The highest BCUT2D eigenvalue weighted by atomic mass is 32.2. The molecule has 0 unspecified atom stereocenters. The lowest BCUT2D eigenvalue weighted by molar-refractivity contribution is -0.143. The van der Waals surface area contributed by atoms with Crippen molar-refractivity contribution in [2.75, 3.05) is 13.1 Å². The molecule has 8 heteroatoms. The van der Waals surface area contributed by atoms with E-state index in [1.165, 1.54) is 4.90 Å².